The Morgan fingerprint density at radius 2 is 2.10 bits per heavy atom. The molecule has 0 bridgehead atoms. The Morgan fingerprint density at radius 1 is 1.33 bits per heavy atom. The van der Waals surface area contributed by atoms with E-state index in [0.717, 1.165) is 31.5 Å². The highest BCUT2D eigenvalue weighted by atomic mass is 19.1. The molecular weight excluding hydrogens is 267 g/mol. The molecule has 2 rings (SSSR count). The summed E-state index contributed by atoms with van der Waals surface area (Å²) in [6.45, 7) is 2.13. The third-order valence-corrected chi connectivity index (χ3v) is 4.53. The average Bonchev–Trinajstić information content (AvgIpc) is 2.44. The maximum Gasteiger partial charge on any atom is 0.127 e. The van der Waals surface area contributed by atoms with Gasteiger partial charge in [-0.3, -0.25) is 0 Å². The second kappa shape index (κ2) is 8.47. The fraction of sp³-hybridized carbons (Fsp3) is 0.647. The van der Waals surface area contributed by atoms with Crippen LogP contribution in [-0.4, -0.2) is 42.8 Å². The van der Waals surface area contributed by atoms with Gasteiger partial charge in [-0.05, 0) is 38.8 Å². The second-order valence-electron chi connectivity index (χ2n) is 5.85. The molecule has 3 nitrogen and oxygen atoms in total. The van der Waals surface area contributed by atoms with E-state index in [1.807, 2.05) is 19.2 Å². The second-order valence-corrected chi connectivity index (χ2v) is 5.85. The molecule has 1 aromatic carbocycles. The number of rotatable bonds is 9. The van der Waals surface area contributed by atoms with Gasteiger partial charge >= 0.3 is 0 Å². The molecule has 1 saturated carbocycles. The molecule has 1 unspecified atom stereocenters. The molecule has 0 amide bonds. The van der Waals surface area contributed by atoms with Crippen LogP contribution in [-0.2, 0) is 0 Å². The average molecular weight is 294 g/mol. The van der Waals surface area contributed by atoms with Crippen LogP contribution >= 0.6 is 0 Å². The van der Waals surface area contributed by atoms with Gasteiger partial charge in [0.05, 0.1) is 0 Å². The number of halogens is 1. The van der Waals surface area contributed by atoms with Crippen LogP contribution in [0.4, 0.5) is 4.39 Å². The first-order valence-electron chi connectivity index (χ1n) is 8.03. The zero-order valence-corrected chi connectivity index (χ0v) is 12.9. The monoisotopic (exact) mass is 294 g/mol. The van der Waals surface area contributed by atoms with E-state index in [4.69, 9.17) is 5.11 Å². The Balaban J connectivity index is 1.92. The van der Waals surface area contributed by atoms with Crippen LogP contribution in [0, 0.1) is 5.82 Å². The Morgan fingerprint density at radius 3 is 2.67 bits per heavy atom. The first-order chi connectivity index (χ1) is 10.3. The normalized spacial score (nSPS) is 17.0. The van der Waals surface area contributed by atoms with Gasteiger partial charge in [0, 0.05) is 37.3 Å². The molecule has 0 saturated heterocycles. The topological polar surface area (TPSA) is 35.5 Å². The predicted molar refractivity (Wildman–Crippen MR) is 83.7 cm³/mol. The SMILES string of the molecule is CNC(CCN(CCCO)C1CCC1)c1ccccc1F. The van der Waals surface area contributed by atoms with Crippen molar-refractivity contribution in [3.63, 3.8) is 0 Å². The number of hydrogen-bond donors (Lipinski definition) is 2. The zero-order chi connectivity index (χ0) is 15.1. The summed E-state index contributed by atoms with van der Waals surface area (Å²) in [4.78, 5) is 2.46. The Labute approximate surface area is 127 Å². The lowest BCUT2D eigenvalue weighted by Gasteiger charge is -2.38. The van der Waals surface area contributed by atoms with E-state index in [9.17, 15) is 4.39 Å². The molecule has 0 spiro atoms. The van der Waals surface area contributed by atoms with Gasteiger partial charge in [-0.25, -0.2) is 4.39 Å². The number of aliphatic hydroxyl groups is 1. The summed E-state index contributed by atoms with van der Waals surface area (Å²) in [6, 6.07) is 7.70. The van der Waals surface area contributed by atoms with Crippen molar-refractivity contribution in [3.8, 4) is 0 Å². The van der Waals surface area contributed by atoms with Crippen LogP contribution in [0.1, 0.15) is 43.7 Å². The van der Waals surface area contributed by atoms with Gasteiger partial charge in [-0.1, -0.05) is 24.6 Å². The van der Waals surface area contributed by atoms with Crippen molar-refractivity contribution in [2.45, 2.75) is 44.2 Å². The number of nitrogens with one attached hydrogen (secondary N) is 1. The van der Waals surface area contributed by atoms with Crippen LogP contribution < -0.4 is 5.32 Å². The van der Waals surface area contributed by atoms with Gasteiger partial charge in [0.2, 0.25) is 0 Å². The fourth-order valence-electron chi connectivity index (χ4n) is 3.01. The molecule has 2 N–H and O–H groups in total. The van der Waals surface area contributed by atoms with Crippen LogP contribution in [0.15, 0.2) is 24.3 Å². The molecular formula is C17H27FN2O. The van der Waals surface area contributed by atoms with Crippen LogP contribution in [0.2, 0.25) is 0 Å². The van der Waals surface area contributed by atoms with Crippen LogP contribution in [0.25, 0.3) is 0 Å². The lowest BCUT2D eigenvalue weighted by atomic mass is 9.90. The van der Waals surface area contributed by atoms with Crippen molar-refractivity contribution < 1.29 is 9.50 Å². The van der Waals surface area contributed by atoms with Crippen LogP contribution in [0.5, 0.6) is 0 Å². The standard InChI is InChI=1S/C17H27FN2O/c1-19-17(15-8-2-3-9-16(15)18)10-12-20(11-5-13-21)14-6-4-7-14/h2-3,8-9,14,17,19,21H,4-7,10-13H2,1H3. The first kappa shape index (κ1) is 16.4. The molecule has 1 fully saturated rings. The molecule has 118 valence electrons. The molecule has 1 aromatic rings. The number of nitrogens with zero attached hydrogens (tertiary/aromatic N) is 1. The van der Waals surface area contributed by atoms with Crippen LogP contribution in [0.3, 0.4) is 0 Å². The van der Waals surface area contributed by atoms with Gasteiger partial charge in [-0.15, -0.1) is 0 Å². The Bertz CT molecular complexity index is 423. The minimum Gasteiger partial charge on any atom is -0.396 e. The van der Waals surface area contributed by atoms with Gasteiger partial charge in [0.15, 0.2) is 0 Å². The maximum absolute atomic E-state index is 13.9. The van der Waals surface area contributed by atoms with E-state index in [0.29, 0.717) is 6.04 Å². The van der Waals surface area contributed by atoms with E-state index >= 15 is 0 Å². The molecule has 1 aliphatic rings. The number of aliphatic hydroxyl groups excluding tert-OH is 1. The smallest absolute Gasteiger partial charge is 0.127 e. The Kier molecular flexibility index (Phi) is 6.61. The van der Waals surface area contributed by atoms with E-state index in [1.54, 1.807) is 6.07 Å². The van der Waals surface area contributed by atoms with Crippen molar-refractivity contribution in [2.24, 2.45) is 0 Å². The summed E-state index contributed by atoms with van der Waals surface area (Å²) in [5, 5.41) is 12.3. The van der Waals surface area contributed by atoms with Crippen molar-refractivity contribution in [3.05, 3.63) is 35.6 Å². The molecule has 1 aliphatic carbocycles. The van der Waals surface area contributed by atoms with Crippen molar-refractivity contribution in [2.75, 3.05) is 26.7 Å². The maximum atomic E-state index is 13.9. The van der Waals surface area contributed by atoms with E-state index in [1.165, 1.54) is 25.3 Å². The summed E-state index contributed by atoms with van der Waals surface area (Å²) < 4.78 is 13.9. The lowest BCUT2D eigenvalue weighted by Crippen LogP contribution is -2.42. The van der Waals surface area contributed by atoms with Crippen molar-refractivity contribution in [1.82, 2.24) is 10.2 Å². The van der Waals surface area contributed by atoms with Crippen molar-refractivity contribution >= 4 is 0 Å². The van der Waals surface area contributed by atoms with E-state index in [2.05, 4.69) is 10.2 Å². The minimum absolute atomic E-state index is 0.0444. The third kappa shape index (κ3) is 4.50. The first-order valence-corrected chi connectivity index (χ1v) is 8.03. The number of hydrogen-bond acceptors (Lipinski definition) is 3. The summed E-state index contributed by atoms with van der Waals surface area (Å²) in [5.74, 6) is -0.137. The van der Waals surface area contributed by atoms with Gasteiger partial charge < -0.3 is 15.3 Å². The highest BCUT2D eigenvalue weighted by Gasteiger charge is 2.25. The van der Waals surface area contributed by atoms with Gasteiger partial charge in [0.1, 0.15) is 5.82 Å². The highest BCUT2D eigenvalue weighted by molar-refractivity contribution is 5.21. The summed E-state index contributed by atoms with van der Waals surface area (Å²) in [5.41, 5.74) is 0.746. The summed E-state index contributed by atoms with van der Waals surface area (Å²) >= 11 is 0. The third-order valence-electron chi connectivity index (χ3n) is 4.53. The van der Waals surface area contributed by atoms with Gasteiger partial charge in [0.25, 0.3) is 0 Å². The van der Waals surface area contributed by atoms with Crippen molar-refractivity contribution in [1.29, 1.82) is 0 Å². The summed E-state index contributed by atoms with van der Waals surface area (Å²) in [7, 11) is 1.89. The molecule has 1 atom stereocenters. The van der Waals surface area contributed by atoms with E-state index < -0.39 is 0 Å². The quantitative estimate of drug-likeness (QED) is 0.735. The molecule has 0 heterocycles. The zero-order valence-electron chi connectivity index (χ0n) is 12.9. The molecule has 0 aromatic heterocycles. The summed E-state index contributed by atoms with van der Waals surface area (Å²) in [6.07, 6.45) is 5.54. The Hall–Kier alpha value is -0.970. The molecule has 21 heavy (non-hydrogen) atoms. The lowest BCUT2D eigenvalue weighted by molar-refractivity contribution is 0.111. The largest absolute Gasteiger partial charge is 0.396 e. The highest BCUT2D eigenvalue weighted by Crippen LogP contribution is 2.27. The molecule has 0 radical (unpaired) electrons. The molecule has 0 aliphatic heterocycles. The predicted octanol–water partition coefficient (Wildman–Crippen LogP) is 2.71. The number of benzene rings is 1. The van der Waals surface area contributed by atoms with Gasteiger partial charge in [-0.2, -0.15) is 0 Å². The fourth-order valence-corrected chi connectivity index (χ4v) is 3.01. The minimum atomic E-state index is -0.137. The van der Waals surface area contributed by atoms with E-state index in [-0.39, 0.29) is 18.5 Å². The molecule has 4 heteroatoms.